The third-order valence-corrected chi connectivity index (χ3v) is 6.42. The molecule has 0 N–H and O–H groups in total. The van der Waals surface area contributed by atoms with E-state index in [0.29, 0.717) is 16.7 Å². The van der Waals surface area contributed by atoms with Crippen molar-refractivity contribution in [2.75, 3.05) is 31.1 Å². The number of halogens is 2. The van der Waals surface area contributed by atoms with E-state index in [1.807, 2.05) is 41.8 Å². The molecule has 0 saturated heterocycles. The smallest absolute Gasteiger partial charge is 0.252 e. The fourth-order valence-corrected chi connectivity index (χ4v) is 4.60. The largest absolute Gasteiger partial charge is 0.302 e. The number of thiophene rings is 1. The number of likely N-dealkylation sites (N-methyl/N-ethyl adjacent to an activating group) is 1. The summed E-state index contributed by atoms with van der Waals surface area (Å²) in [6, 6.07) is 9.59. The summed E-state index contributed by atoms with van der Waals surface area (Å²) in [7, 11) is 0. The zero-order valence-electron chi connectivity index (χ0n) is 15.8. The zero-order valence-corrected chi connectivity index (χ0v) is 19.0. The average molecular weight is 456 g/mol. The second-order valence-corrected chi connectivity index (χ2v) is 8.40. The van der Waals surface area contributed by atoms with E-state index in [1.165, 1.54) is 11.3 Å². The number of thiazole rings is 1. The molecule has 0 atom stereocenters. The van der Waals surface area contributed by atoms with Gasteiger partial charge in [0.1, 0.15) is 0 Å². The number of amides is 1. The first-order valence-corrected chi connectivity index (χ1v) is 11.0. The van der Waals surface area contributed by atoms with Gasteiger partial charge in [0.15, 0.2) is 5.13 Å². The third-order valence-electron chi connectivity index (χ3n) is 4.30. The molecule has 0 saturated carbocycles. The predicted molar refractivity (Wildman–Crippen MR) is 125 cm³/mol. The molecule has 2 heterocycles. The maximum Gasteiger partial charge on any atom is 0.252 e. The first-order valence-electron chi connectivity index (χ1n) is 8.92. The summed E-state index contributed by atoms with van der Waals surface area (Å²) in [5.74, 6) is -0.0549. The van der Waals surface area contributed by atoms with Crippen LogP contribution in [0, 0.1) is 0 Å². The molecule has 1 amide bonds. The van der Waals surface area contributed by atoms with E-state index in [9.17, 15) is 4.79 Å². The van der Waals surface area contributed by atoms with Gasteiger partial charge >= 0.3 is 0 Å². The minimum atomic E-state index is -0.0549. The number of fused-ring (bicyclic) bond motifs is 1. The van der Waals surface area contributed by atoms with Crippen molar-refractivity contribution in [3.05, 3.63) is 51.7 Å². The lowest BCUT2D eigenvalue weighted by Crippen LogP contribution is -2.38. The van der Waals surface area contributed by atoms with Crippen molar-refractivity contribution < 1.29 is 4.79 Å². The average Bonchev–Trinajstić information content (AvgIpc) is 3.32. The maximum absolute atomic E-state index is 12.9. The Morgan fingerprint density at radius 1 is 1.21 bits per heavy atom. The molecule has 0 aliphatic rings. The van der Waals surface area contributed by atoms with Gasteiger partial charge in [-0.25, -0.2) is 4.98 Å². The van der Waals surface area contributed by atoms with E-state index in [1.54, 1.807) is 22.3 Å². The fourth-order valence-electron chi connectivity index (χ4n) is 2.71. The molecule has 0 radical (unpaired) electrons. The molecule has 0 aliphatic carbocycles. The lowest BCUT2D eigenvalue weighted by molar-refractivity contribution is -0.114. The second-order valence-electron chi connectivity index (χ2n) is 5.97. The van der Waals surface area contributed by atoms with Gasteiger partial charge in [-0.1, -0.05) is 42.9 Å². The van der Waals surface area contributed by atoms with Crippen LogP contribution in [0.2, 0.25) is 5.02 Å². The Labute approximate surface area is 184 Å². The van der Waals surface area contributed by atoms with Crippen LogP contribution in [-0.4, -0.2) is 42.0 Å². The molecular formula is C20H23Cl2N3OS2. The summed E-state index contributed by atoms with van der Waals surface area (Å²) >= 11 is 9.21. The summed E-state index contributed by atoms with van der Waals surface area (Å²) in [6.45, 7) is 7.58. The van der Waals surface area contributed by atoms with Crippen LogP contribution < -0.4 is 4.90 Å². The Kier molecular flexibility index (Phi) is 8.92. The number of hydrogen-bond donors (Lipinski definition) is 0. The molecule has 8 heteroatoms. The number of nitrogens with zero attached hydrogens (tertiary/aromatic N) is 3. The van der Waals surface area contributed by atoms with Crippen LogP contribution in [0.3, 0.4) is 0 Å². The highest BCUT2D eigenvalue weighted by Crippen LogP contribution is 2.31. The van der Waals surface area contributed by atoms with Gasteiger partial charge in [-0.05, 0) is 48.8 Å². The highest BCUT2D eigenvalue weighted by Gasteiger charge is 2.18. The van der Waals surface area contributed by atoms with Gasteiger partial charge in [-0.15, -0.1) is 23.7 Å². The van der Waals surface area contributed by atoms with E-state index in [0.717, 1.165) is 34.7 Å². The summed E-state index contributed by atoms with van der Waals surface area (Å²) < 4.78 is 0.986. The van der Waals surface area contributed by atoms with Crippen molar-refractivity contribution in [2.45, 2.75) is 13.8 Å². The van der Waals surface area contributed by atoms with Gasteiger partial charge in [-0.3, -0.25) is 9.69 Å². The molecule has 4 nitrogen and oxygen atoms in total. The van der Waals surface area contributed by atoms with Crippen molar-refractivity contribution in [1.29, 1.82) is 0 Å². The van der Waals surface area contributed by atoms with Crippen LogP contribution in [0.5, 0.6) is 0 Å². The van der Waals surface area contributed by atoms with Gasteiger partial charge in [0.05, 0.1) is 10.2 Å². The van der Waals surface area contributed by atoms with E-state index in [-0.39, 0.29) is 18.3 Å². The molecule has 3 aromatic rings. The molecule has 0 aliphatic heterocycles. The van der Waals surface area contributed by atoms with Crippen LogP contribution in [-0.2, 0) is 4.79 Å². The van der Waals surface area contributed by atoms with Crippen molar-refractivity contribution >= 4 is 74.0 Å². The highest BCUT2D eigenvalue weighted by molar-refractivity contribution is 7.22. The Bertz CT molecular complexity index is 921. The van der Waals surface area contributed by atoms with Gasteiger partial charge in [0.2, 0.25) is 0 Å². The van der Waals surface area contributed by atoms with Crippen molar-refractivity contribution in [1.82, 2.24) is 9.88 Å². The van der Waals surface area contributed by atoms with Crippen molar-refractivity contribution in [2.24, 2.45) is 0 Å². The number of aromatic nitrogens is 1. The quantitative estimate of drug-likeness (QED) is 0.401. The van der Waals surface area contributed by atoms with Crippen molar-refractivity contribution in [3.63, 3.8) is 0 Å². The van der Waals surface area contributed by atoms with E-state index >= 15 is 0 Å². The Morgan fingerprint density at radius 3 is 2.68 bits per heavy atom. The molecule has 1 aromatic carbocycles. The summed E-state index contributed by atoms with van der Waals surface area (Å²) in [5.41, 5.74) is 0.863. The summed E-state index contributed by atoms with van der Waals surface area (Å²) in [4.78, 5) is 22.7. The molecule has 2 aromatic heterocycles. The minimum absolute atomic E-state index is 0. The fraction of sp³-hybridized carbons (Fsp3) is 0.300. The van der Waals surface area contributed by atoms with E-state index < -0.39 is 0 Å². The summed E-state index contributed by atoms with van der Waals surface area (Å²) in [6.07, 6.45) is 3.49. The summed E-state index contributed by atoms with van der Waals surface area (Å²) in [5, 5.41) is 3.39. The molecule has 28 heavy (non-hydrogen) atoms. The Morgan fingerprint density at radius 2 is 2.00 bits per heavy atom. The Balaban J connectivity index is 0.00000280. The molecular weight excluding hydrogens is 433 g/mol. The molecule has 0 spiro atoms. The van der Waals surface area contributed by atoms with Crippen molar-refractivity contribution in [3.8, 4) is 0 Å². The van der Waals surface area contributed by atoms with Gasteiger partial charge in [-0.2, -0.15) is 0 Å². The molecule has 0 unspecified atom stereocenters. The van der Waals surface area contributed by atoms with E-state index in [4.69, 9.17) is 11.6 Å². The molecule has 0 bridgehead atoms. The first-order chi connectivity index (χ1) is 13.1. The van der Waals surface area contributed by atoms with Crippen LogP contribution in [0.25, 0.3) is 16.3 Å². The maximum atomic E-state index is 12.9. The predicted octanol–water partition coefficient (Wildman–Crippen LogP) is 5.82. The van der Waals surface area contributed by atoms with Gasteiger partial charge in [0, 0.05) is 29.1 Å². The monoisotopic (exact) mass is 455 g/mol. The number of carbonyl (C=O) groups is 1. The number of carbonyl (C=O) groups excluding carboxylic acids is 1. The topological polar surface area (TPSA) is 36.4 Å². The standard InChI is InChI=1S/C20H22ClN3OS2.ClH/c1-3-23(4-2)11-12-24(19(25)10-8-16-6-5-13-26-16)20-22-17-9-7-15(21)14-18(17)27-20;/h5-10,13-14H,3-4,11-12H2,1-2H3;1H/b10-8+;. The number of hydrogen-bond acceptors (Lipinski definition) is 5. The number of benzene rings is 1. The second kappa shape index (κ2) is 10.9. The van der Waals surface area contributed by atoms with Crippen LogP contribution in [0.15, 0.2) is 41.8 Å². The lowest BCUT2D eigenvalue weighted by atomic mass is 10.3. The minimum Gasteiger partial charge on any atom is -0.302 e. The van der Waals surface area contributed by atoms with Crippen LogP contribution in [0.1, 0.15) is 18.7 Å². The highest BCUT2D eigenvalue weighted by atomic mass is 35.5. The van der Waals surface area contributed by atoms with Crippen LogP contribution in [0.4, 0.5) is 5.13 Å². The number of anilines is 1. The zero-order chi connectivity index (χ0) is 19.2. The van der Waals surface area contributed by atoms with Gasteiger partial charge < -0.3 is 4.90 Å². The Hall–Kier alpha value is -1.44. The third kappa shape index (κ3) is 5.78. The van der Waals surface area contributed by atoms with Crippen LogP contribution >= 0.6 is 46.7 Å². The van der Waals surface area contributed by atoms with Gasteiger partial charge in [0.25, 0.3) is 5.91 Å². The molecule has 150 valence electrons. The lowest BCUT2D eigenvalue weighted by Gasteiger charge is -2.23. The molecule has 3 rings (SSSR count). The van der Waals surface area contributed by atoms with E-state index in [2.05, 4.69) is 23.7 Å². The SMILES string of the molecule is CCN(CC)CCN(C(=O)/C=C/c1cccs1)c1nc2ccc(Cl)cc2s1.Cl. The first kappa shape index (κ1) is 22.8. The number of rotatable bonds is 8. The normalized spacial score (nSPS) is 11.3. The molecule has 0 fully saturated rings.